The molecule has 0 N–H and O–H groups in total. The average molecular weight is 433 g/mol. The zero-order valence-corrected chi connectivity index (χ0v) is 19.9. The average Bonchev–Trinajstić information content (AvgIpc) is 3.57. The van der Waals surface area contributed by atoms with E-state index in [1.807, 2.05) is 0 Å². The molecule has 1 saturated heterocycles. The number of rotatable bonds is 5. The van der Waals surface area contributed by atoms with Gasteiger partial charge < -0.3 is 9.47 Å². The van der Waals surface area contributed by atoms with Crippen molar-refractivity contribution >= 4 is 0 Å². The van der Waals surface area contributed by atoms with Gasteiger partial charge in [-0.1, -0.05) is 12.1 Å². The first kappa shape index (κ1) is 19.3. The molecule has 2 heteroatoms. The largest absolute Gasteiger partial charge is 0.488 e. The van der Waals surface area contributed by atoms with E-state index in [-0.39, 0.29) is 6.10 Å². The van der Waals surface area contributed by atoms with Crippen LogP contribution in [0.5, 0.6) is 5.75 Å². The molecule has 1 aromatic carbocycles. The minimum absolute atomic E-state index is 0.175. The Morgan fingerprint density at radius 1 is 0.750 bits per heavy atom. The van der Waals surface area contributed by atoms with Crippen LogP contribution < -0.4 is 4.74 Å². The predicted molar refractivity (Wildman–Crippen MR) is 126 cm³/mol. The lowest BCUT2D eigenvalue weighted by Crippen LogP contribution is -2.49. The van der Waals surface area contributed by atoms with Gasteiger partial charge in [0.15, 0.2) is 0 Å². The number of hydrogen-bond acceptors (Lipinski definition) is 2. The maximum atomic E-state index is 6.84. The van der Waals surface area contributed by atoms with Gasteiger partial charge in [-0.05, 0) is 142 Å². The highest BCUT2D eigenvalue weighted by atomic mass is 16.6. The SMILES string of the molecule is CC(Oc1cc(C23CC4CC(CC(C4)C2)C3)ccc1C12CC3CC(CC(C3)C1)C2)C1CO1. The van der Waals surface area contributed by atoms with E-state index in [1.165, 1.54) is 82.8 Å². The molecule has 8 aliphatic carbocycles. The fraction of sp³-hybridized carbons (Fsp3) is 0.800. The molecule has 0 aromatic heterocycles. The van der Waals surface area contributed by atoms with Crippen molar-refractivity contribution in [1.82, 2.24) is 0 Å². The van der Waals surface area contributed by atoms with Crippen LogP contribution in [-0.2, 0) is 15.6 Å². The summed E-state index contributed by atoms with van der Waals surface area (Å²) in [5.74, 6) is 7.15. The Morgan fingerprint density at radius 3 is 1.69 bits per heavy atom. The summed E-state index contributed by atoms with van der Waals surface area (Å²) >= 11 is 0. The summed E-state index contributed by atoms with van der Waals surface area (Å²) < 4.78 is 12.5. The first-order valence-electron chi connectivity index (χ1n) is 14.0. The van der Waals surface area contributed by atoms with E-state index in [0.717, 1.165) is 42.1 Å². The Morgan fingerprint density at radius 2 is 1.22 bits per heavy atom. The van der Waals surface area contributed by atoms with E-state index >= 15 is 0 Å². The molecule has 2 unspecified atom stereocenters. The number of benzene rings is 1. The highest BCUT2D eigenvalue weighted by molar-refractivity contribution is 5.47. The van der Waals surface area contributed by atoms with Crippen LogP contribution in [0.2, 0.25) is 0 Å². The summed E-state index contributed by atoms with van der Waals surface area (Å²) in [7, 11) is 0. The molecule has 1 heterocycles. The quantitative estimate of drug-likeness (QED) is 0.478. The fourth-order valence-electron chi connectivity index (χ4n) is 10.9. The lowest BCUT2D eigenvalue weighted by Gasteiger charge is -2.58. The molecule has 8 saturated carbocycles. The van der Waals surface area contributed by atoms with Gasteiger partial charge in [-0.25, -0.2) is 0 Å². The van der Waals surface area contributed by atoms with Crippen molar-refractivity contribution in [2.75, 3.05) is 6.61 Å². The molecule has 0 radical (unpaired) electrons. The summed E-state index contributed by atoms with van der Waals surface area (Å²) in [4.78, 5) is 0. The van der Waals surface area contributed by atoms with E-state index in [2.05, 4.69) is 25.1 Å². The van der Waals surface area contributed by atoms with Crippen molar-refractivity contribution in [3.05, 3.63) is 29.3 Å². The van der Waals surface area contributed by atoms with Crippen molar-refractivity contribution in [2.24, 2.45) is 35.5 Å². The van der Waals surface area contributed by atoms with Crippen molar-refractivity contribution in [1.29, 1.82) is 0 Å². The first-order chi connectivity index (χ1) is 15.6. The molecule has 10 rings (SSSR count). The molecular weight excluding hydrogens is 392 g/mol. The van der Waals surface area contributed by atoms with Gasteiger partial charge in [0.1, 0.15) is 18.0 Å². The molecule has 9 aliphatic rings. The van der Waals surface area contributed by atoms with Crippen molar-refractivity contribution < 1.29 is 9.47 Å². The van der Waals surface area contributed by atoms with Crippen LogP contribution in [-0.4, -0.2) is 18.8 Å². The Labute approximate surface area is 193 Å². The van der Waals surface area contributed by atoms with Crippen LogP contribution in [0.25, 0.3) is 0 Å². The van der Waals surface area contributed by atoms with Gasteiger partial charge >= 0.3 is 0 Å². The van der Waals surface area contributed by atoms with Crippen molar-refractivity contribution in [3.8, 4) is 5.75 Å². The van der Waals surface area contributed by atoms with Gasteiger partial charge in [0.05, 0.1) is 6.61 Å². The van der Waals surface area contributed by atoms with Crippen LogP contribution in [0.4, 0.5) is 0 Å². The minimum atomic E-state index is 0.175. The van der Waals surface area contributed by atoms with Gasteiger partial charge in [-0.3, -0.25) is 0 Å². The fourth-order valence-corrected chi connectivity index (χ4v) is 10.9. The highest BCUT2D eigenvalue weighted by Crippen LogP contribution is 2.64. The summed E-state index contributed by atoms with van der Waals surface area (Å²) in [6.45, 7) is 3.11. The van der Waals surface area contributed by atoms with E-state index in [9.17, 15) is 0 Å². The van der Waals surface area contributed by atoms with Gasteiger partial charge in [-0.15, -0.1) is 0 Å². The van der Waals surface area contributed by atoms with Gasteiger partial charge in [-0.2, -0.15) is 0 Å². The lowest BCUT2D eigenvalue weighted by atomic mass is 9.47. The minimum Gasteiger partial charge on any atom is -0.488 e. The van der Waals surface area contributed by atoms with E-state index in [0.29, 0.717) is 16.9 Å². The Balaban J connectivity index is 1.20. The van der Waals surface area contributed by atoms with Crippen LogP contribution in [0.3, 0.4) is 0 Å². The molecule has 8 bridgehead atoms. The second kappa shape index (κ2) is 6.55. The van der Waals surface area contributed by atoms with Crippen LogP contribution in [0, 0.1) is 35.5 Å². The second-order valence-corrected chi connectivity index (χ2v) is 13.8. The topological polar surface area (TPSA) is 21.8 Å². The molecule has 0 amide bonds. The smallest absolute Gasteiger partial charge is 0.124 e. The number of epoxide rings is 1. The highest BCUT2D eigenvalue weighted by Gasteiger charge is 2.54. The summed E-state index contributed by atoms with van der Waals surface area (Å²) in [6, 6.07) is 7.74. The molecule has 1 aromatic rings. The lowest BCUT2D eigenvalue weighted by molar-refractivity contribution is -0.00851. The predicted octanol–water partition coefficient (Wildman–Crippen LogP) is 6.79. The summed E-state index contributed by atoms with van der Waals surface area (Å²) in [6.07, 6.45) is 18.1. The molecule has 2 nitrogen and oxygen atoms in total. The molecular formula is C30H40O2. The maximum Gasteiger partial charge on any atom is 0.124 e. The summed E-state index contributed by atoms with van der Waals surface area (Å²) in [5, 5.41) is 0. The third-order valence-electron chi connectivity index (χ3n) is 11.4. The van der Waals surface area contributed by atoms with E-state index in [4.69, 9.17) is 9.47 Å². The normalized spacial score (nSPS) is 50.6. The zero-order valence-electron chi connectivity index (χ0n) is 19.9. The maximum absolute atomic E-state index is 6.84. The first-order valence-corrected chi connectivity index (χ1v) is 14.0. The standard InChI is InChI=1S/C30H40O2/c1-18(28-17-31-28)32-27-10-25(29-11-19-4-20(12-29)6-21(5-19)13-29)2-3-26(27)30-14-22-7-23(15-30)9-24(8-22)16-30/h2-3,10,18-24,28H,4-9,11-17H2,1H3. The van der Waals surface area contributed by atoms with Crippen molar-refractivity contribution in [3.63, 3.8) is 0 Å². The second-order valence-electron chi connectivity index (χ2n) is 13.8. The number of hydrogen-bond donors (Lipinski definition) is 0. The third kappa shape index (κ3) is 2.87. The molecule has 9 fully saturated rings. The van der Waals surface area contributed by atoms with E-state index in [1.54, 1.807) is 11.1 Å². The monoisotopic (exact) mass is 432 g/mol. The zero-order chi connectivity index (χ0) is 21.1. The summed E-state index contributed by atoms with van der Waals surface area (Å²) in [5.41, 5.74) is 4.06. The van der Waals surface area contributed by atoms with Gasteiger partial charge in [0.2, 0.25) is 0 Å². The van der Waals surface area contributed by atoms with Crippen LogP contribution in [0.1, 0.15) is 95.1 Å². The van der Waals surface area contributed by atoms with Gasteiger partial charge in [0, 0.05) is 5.56 Å². The molecule has 172 valence electrons. The van der Waals surface area contributed by atoms with E-state index < -0.39 is 0 Å². The molecule has 2 atom stereocenters. The third-order valence-corrected chi connectivity index (χ3v) is 11.4. The Bertz CT molecular complexity index is 856. The molecule has 32 heavy (non-hydrogen) atoms. The molecule has 1 aliphatic heterocycles. The Hall–Kier alpha value is -1.02. The van der Waals surface area contributed by atoms with Crippen LogP contribution in [0.15, 0.2) is 18.2 Å². The number of ether oxygens (including phenoxy) is 2. The Kier molecular flexibility index (Phi) is 3.95. The van der Waals surface area contributed by atoms with Crippen LogP contribution >= 0.6 is 0 Å². The van der Waals surface area contributed by atoms with Gasteiger partial charge in [0.25, 0.3) is 0 Å². The molecule has 0 spiro atoms. The van der Waals surface area contributed by atoms with Crippen molar-refractivity contribution in [2.45, 2.75) is 107 Å².